The number of H-pyrrole nitrogens is 1. The van der Waals surface area contributed by atoms with E-state index in [0.717, 1.165) is 5.56 Å². The van der Waals surface area contributed by atoms with Crippen molar-refractivity contribution in [2.75, 3.05) is 5.73 Å². The van der Waals surface area contributed by atoms with Gasteiger partial charge in [0.15, 0.2) is 4.77 Å². The number of amides is 1. The molecule has 0 spiro atoms. The van der Waals surface area contributed by atoms with E-state index in [-0.39, 0.29) is 16.2 Å². The summed E-state index contributed by atoms with van der Waals surface area (Å²) >= 11 is 11.3. The maximum absolute atomic E-state index is 13.0. The normalized spacial score (nSPS) is 10.8. The lowest BCUT2D eigenvalue weighted by Gasteiger charge is -2.09. The first-order valence-electron chi connectivity index (χ1n) is 8.96. The standard InChI is InChI=1S/C21H16ClN5O2S/c22-14-3-1-2-12(8-14)10-25-19(28)13-4-6-16-17(9-13)26-21(30)27(20(16)29)18-7-5-15(23)11-24-18/h1-9,11H,10,23H2,(H,25,28)(H,26,30). The van der Waals surface area contributed by atoms with Crippen LogP contribution >= 0.6 is 23.8 Å². The molecular formula is C21H16ClN5O2S. The molecule has 2 heterocycles. The van der Waals surface area contributed by atoms with Gasteiger partial charge in [0.05, 0.1) is 22.8 Å². The Morgan fingerprint density at radius 2 is 2.03 bits per heavy atom. The molecule has 7 nitrogen and oxygen atoms in total. The van der Waals surface area contributed by atoms with Gasteiger partial charge in [0.1, 0.15) is 5.82 Å². The van der Waals surface area contributed by atoms with Crippen LogP contribution in [0.2, 0.25) is 5.02 Å². The van der Waals surface area contributed by atoms with Crippen LogP contribution in [0.4, 0.5) is 5.69 Å². The fourth-order valence-electron chi connectivity index (χ4n) is 3.03. The molecular weight excluding hydrogens is 422 g/mol. The molecule has 0 saturated heterocycles. The minimum atomic E-state index is -0.336. The van der Waals surface area contributed by atoms with Crippen molar-refractivity contribution in [3.63, 3.8) is 0 Å². The topological polar surface area (TPSA) is 106 Å². The number of nitrogens with two attached hydrogens (primary N) is 1. The van der Waals surface area contributed by atoms with Gasteiger partial charge in [0.2, 0.25) is 0 Å². The molecule has 0 unspecified atom stereocenters. The molecule has 4 N–H and O–H groups in total. The number of nitrogens with zero attached hydrogens (tertiary/aromatic N) is 2. The molecule has 30 heavy (non-hydrogen) atoms. The highest BCUT2D eigenvalue weighted by molar-refractivity contribution is 7.71. The minimum absolute atomic E-state index is 0.168. The zero-order valence-electron chi connectivity index (χ0n) is 15.6. The number of hydrogen-bond donors (Lipinski definition) is 3. The zero-order chi connectivity index (χ0) is 21.3. The van der Waals surface area contributed by atoms with E-state index in [4.69, 9.17) is 29.6 Å². The molecule has 4 aromatic rings. The van der Waals surface area contributed by atoms with Crippen LogP contribution in [-0.2, 0) is 6.54 Å². The van der Waals surface area contributed by atoms with Crippen LogP contribution in [-0.4, -0.2) is 20.4 Å². The van der Waals surface area contributed by atoms with Crippen molar-refractivity contribution in [2.45, 2.75) is 6.54 Å². The number of halogens is 1. The second-order valence-electron chi connectivity index (χ2n) is 6.59. The van der Waals surface area contributed by atoms with E-state index < -0.39 is 0 Å². The number of hydrogen-bond acceptors (Lipinski definition) is 5. The van der Waals surface area contributed by atoms with E-state index >= 15 is 0 Å². The Balaban J connectivity index is 1.65. The molecule has 2 aromatic heterocycles. The van der Waals surface area contributed by atoms with Gasteiger partial charge >= 0.3 is 0 Å². The number of aromatic nitrogens is 3. The zero-order valence-corrected chi connectivity index (χ0v) is 17.1. The van der Waals surface area contributed by atoms with Crippen molar-refractivity contribution in [1.29, 1.82) is 0 Å². The maximum atomic E-state index is 13.0. The first-order chi connectivity index (χ1) is 14.4. The largest absolute Gasteiger partial charge is 0.397 e. The lowest BCUT2D eigenvalue weighted by Crippen LogP contribution is -2.24. The van der Waals surface area contributed by atoms with Gasteiger partial charge in [-0.05, 0) is 60.2 Å². The fourth-order valence-corrected chi connectivity index (χ4v) is 3.53. The maximum Gasteiger partial charge on any atom is 0.267 e. The Morgan fingerprint density at radius 3 is 2.77 bits per heavy atom. The molecule has 0 aliphatic rings. The van der Waals surface area contributed by atoms with Crippen molar-refractivity contribution in [2.24, 2.45) is 0 Å². The molecule has 2 aromatic carbocycles. The number of pyridine rings is 1. The Morgan fingerprint density at radius 1 is 1.20 bits per heavy atom. The van der Waals surface area contributed by atoms with Gasteiger partial charge in [-0.2, -0.15) is 0 Å². The number of benzene rings is 2. The highest BCUT2D eigenvalue weighted by Gasteiger charge is 2.12. The van der Waals surface area contributed by atoms with Crippen molar-refractivity contribution in [3.05, 3.63) is 92.1 Å². The van der Waals surface area contributed by atoms with E-state index in [2.05, 4.69) is 15.3 Å². The van der Waals surface area contributed by atoms with Crippen molar-refractivity contribution in [1.82, 2.24) is 19.9 Å². The second kappa shape index (κ2) is 8.10. The molecule has 0 fully saturated rings. The summed E-state index contributed by atoms with van der Waals surface area (Å²) in [7, 11) is 0. The Hall–Kier alpha value is -3.49. The summed E-state index contributed by atoms with van der Waals surface area (Å²) in [5.41, 5.74) is 7.55. The number of rotatable bonds is 4. The summed E-state index contributed by atoms with van der Waals surface area (Å²) in [6, 6.07) is 15.3. The van der Waals surface area contributed by atoms with Gasteiger partial charge in [0, 0.05) is 17.1 Å². The molecule has 0 atom stereocenters. The SMILES string of the molecule is Nc1ccc(-n2c(=S)[nH]c3cc(C(=O)NCc4cccc(Cl)c4)ccc3c2=O)nc1. The number of anilines is 1. The summed E-state index contributed by atoms with van der Waals surface area (Å²) in [4.78, 5) is 32.7. The number of fused-ring (bicyclic) bond motifs is 1. The lowest BCUT2D eigenvalue weighted by molar-refractivity contribution is 0.0951. The van der Waals surface area contributed by atoms with Gasteiger partial charge in [0.25, 0.3) is 11.5 Å². The first kappa shape index (κ1) is 19.8. The fraction of sp³-hybridized carbons (Fsp3) is 0.0476. The van der Waals surface area contributed by atoms with Gasteiger partial charge in [-0.25, -0.2) is 9.55 Å². The van der Waals surface area contributed by atoms with E-state index in [1.807, 2.05) is 12.1 Å². The molecule has 0 aliphatic carbocycles. The van der Waals surface area contributed by atoms with Crippen LogP contribution in [0.5, 0.6) is 0 Å². The Bertz CT molecular complexity index is 1380. The van der Waals surface area contributed by atoms with Gasteiger partial charge in [-0.1, -0.05) is 23.7 Å². The van der Waals surface area contributed by atoms with Crippen LogP contribution in [0.3, 0.4) is 0 Å². The summed E-state index contributed by atoms with van der Waals surface area (Å²) < 4.78 is 1.46. The van der Waals surface area contributed by atoms with Crippen molar-refractivity contribution < 1.29 is 4.79 Å². The average molecular weight is 438 g/mol. The molecule has 0 saturated carbocycles. The quantitative estimate of drug-likeness (QED) is 0.423. The van der Waals surface area contributed by atoms with E-state index in [1.165, 1.54) is 10.8 Å². The van der Waals surface area contributed by atoms with Crippen LogP contribution < -0.4 is 16.6 Å². The van der Waals surface area contributed by atoms with Gasteiger partial charge in [-0.3, -0.25) is 9.59 Å². The number of carbonyl (C=O) groups excluding carboxylic acids is 1. The van der Waals surface area contributed by atoms with E-state index in [9.17, 15) is 9.59 Å². The van der Waals surface area contributed by atoms with Gasteiger partial charge in [-0.15, -0.1) is 0 Å². The highest BCUT2D eigenvalue weighted by Crippen LogP contribution is 2.14. The number of carbonyl (C=O) groups is 1. The molecule has 0 aliphatic heterocycles. The third kappa shape index (κ3) is 3.96. The number of nitrogens with one attached hydrogen (secondary N) is 2. The Labute approximate surface area is 181 Å². The predicted molar refractivity (Wildman–Crippen MR) is 120 cm³/mol. The third-order valence-electron chi connectivity index (χ3n) is 4.50. The smallest absolute Gasteiger partial charge is 0.267 e. The predicted octanol–water partition coefficient (Wildman–Crippen LogP) is 3.61. The van der Waals surface area contributed by atoms with Crippen LogP contribution in [0.15, 0.2) is 65.6 Å². The third-order valence-corrected chi connectivity index (χ3v) is 5.02. The molecule has 0 bridgehead atoms. The summed E-state index contributed by atoms with van der Waals surface area (Å²) in [5, 5.41) is 3.82. The monoisotopic (exact) mass is 437 g/mol. The average Bonchev–Trinajstić information content (AvgIpc) is 2.73. The highest BCUT2D eigenvalue weighted by atomic mass is 35.5. The van der Waals surface area contributed by atoms with Crippen LogP contribution in [0.25, 0.3) is 16.7 Å². The summed E-state index contributed by atoms with van der Waals surface area (Å²) in [6.45, 7) is 0.331. The second-order valence-corrected chi connectivity index (χ2v) is 7.42. The molecule has 0 radical (unpaired) electrons. The van der Waals surface area contributed by atoms with Crippen LogP contribution in [0, 0.1) is 4.77 Å². The molecule has 4 rings (SSSR count). The molecule has 150 valence electrons. The van der Waals surface area contributed by atoms with E-state index in [1.54, 1.807) is 42.5 Å². The minimum Gasteiger partial charge on any atom is -0.397 e. The van der Waals surface area contributed by atoms with Gasteiger partial charge < -0.3 is 16.0 Å². The number of nitrogen functional groups attached to an aromatic ring is 1. The summed E-state index contributed by atoms with van der Waals surface area (Å²) in [5.74, 6) is 0.0845. The van der Waals surface area contributed by atoms with Crippen LogP contribution in [0.1, 0.15) is 15.9 Å². The first-order valence-corrected chi connectivity index (χ1v) is 9.74. The van der Waals surface area contributed by atoms with Crippen molar-refractivity contribution in [3.8, 4) is 5.82 Å². The van der Waals surface area contributed by atoms with Crippen molar-refractivity contribution >= 4 is 46.3 Å². The summed E-state index contributed by atoms with van der Waals surface area (Å²) in [6.07, 6.45) is 1.45. The number of aromatic amines is 1. The molecule has 1 amide bonds. The Kier molecular flexibility index (Phi) is 5.35. The molecule has 9 heteroatoms. The van der Waals surface area contributed by atoms with E-state index in [0.29, 0.717) is 39.5 Å². The lowest BCUT2D eigenvalue weighted by atomic mass is 10.1.